The van der Waals surface area contributed by atoms with Gasteiger partial charge in [0.15, 0.2) is 17.1 Å². The van der Waals surface area contributed by atoms with Gasteiger partial charge >= 0.3 is 6.18 Å². The second kappa shape index (κ2) is 16.7. The highest BCUT2D eigenvalue weighted by atomic mass is 32.2. The van der Waals surface area contributed by atoms with Crippen LogP contribution in [-0.4, -0.2) is 59.4 Å². The number of piperidine rings is 1. The first-order chi connectivity index (χ1) is 34.7. The summed E-state index contributed by atoms with van der Waals surface area (Å²) in [5.74, 6) is -6.65. The van der Waals surface area contributed by atoms with Crippen molar-refractivity contribution >= 4 is 28.6 Å². The van der Waals surface area contributed by atoms with Crippen molar-refractivity contribution in [2.75, 3.05) is 33.1 Å². The Morgan fingerprint density at radius 3 is 2.43 bits per heavy atom. The minimum absolute atomic E-state index is 0.00918. The number of benzene rings is 4. The maximum Gasteiger partial charge on any atom is 0.416 e. The molecule has 1 aromatic heterocycles. The van der Waals surface area contributed by atoms with Crippen molar-refractivity contribution in [2.45, 2.75) is 55.6 Å². The van der Waals surface area contributed by atoms with E-state index in [0.717, 1.165) is 43.3 Å². The lowest BCUT2D eigenvalue weighted by Gasteiger charge is -2.39. The van der Waals surface area contributed by atoms with Gasteiger partial charge in [-0.25, -0.2) is 8.78 Å². The van der Waals surface area contributed by atoms with E-state index in [9.17, 15) is 34.7 Å². The second-order valence-corrected chi connectivity index (χ2v) is 11.8. The number of amides is 1. The smallest absolute Gasteiger partial charge is 0.383 e. The molecule has 1 aliphatic heterocycles. The normalized spacial score (nSPS) is 26.5. The monoisotopic (exact) mass is 773 g/mol. The van der Waals surface area contributed by atoms with E-state index in [1.165, 1.54) is 0 Å². The van der Waals surface area contributed by atoms with Gasteiger partial charge in [0, 0.05) is 75.5 Å². The fraction of sp³-hybridized carbons (Fsp3) is 0.317. The predicted octanol–water partition coefficient (Wildman–Crippen LogP) is 8.71. The molecular weight excluding hydrogens is 710 g/mol. The fourth-order valence-electron chi connectivity index (χ4n) is 4.73. The summed E-state index contributed by atoms with van der Waals surface area (Å²) in [6.07, 6.45) is -14.8. The Balaban J connectivity index is 1.74. The summed E-state index contributed by atoms with van der Waals surface area (Å²) >= 11 is 0.0673. The van der Waals surface area contributed by atoms with Crippen LogP contribution in [0.15, 0.2) is 101 Å². The Morgan fingerprint density at radius 1 is 1.06 bits per heavy atom. The maximum atomic E-state index is 15.9. The van der Waals surface area contributed by atoms with Crippen molar-refractivity contribution in [3.05, 3.63) is 135 Å². The highest BCUT2D eigenvalue weighted by Crippen LogP contribution is 2.32. The number of hydrogen-bond donors (Lipinski definition) is 0. The van der Waals surface area contributed by atoms with Crippen molar-refractivity contribution in [1.29, 1.82) is 0 Å². The number of methoxy groups -OCH3 is 1. The average Bonchev–Trinajstić information content (AvgIpc) is 3.29. The number of rotatable bonds is 12. The third-order valence-electron chi connectivity index (χ3n) is 7.27. The molecule has 5 aromatic rings. The zero-order valence-corrected chi connectivity index (χ0v) is 27.7. The summed E-state index contributed by atoms with van der Waals surface area (Å²) in [6.45, 7) is -26.7. The highest BCUT2D eigenvalue weighted by molar-refractivity contribution is 7.98. The van der Waals surface area contributed by atoms with E-state index < -0.39 is 172 Å². The van der Waals surface area contributed by atoms with E-state index in [2.05, 4.69) is 4.74 Å². The van der Waals surface area contributed by atoms with Crippen LogP contribution in [0.3, 0.4) is 0 Å². The number of thioether (sulfide) groups is 1. The van der Waals surface area contributed by atoms with Crippen LogP contribution >= 0.6 is 11.8 Å². The van der Waals surface area contributed by atoms with E-state index in [4.69, 9.17) is 20.6 Å². The van der Waals surface area contributed by atoms with Crippen LogP contribution in [0.2, 0.25) is 0 Å². The molecule has 0 bridgehead atoms. The topological polar surface area (TPSA) is 54.8 Å². The van der Waals surface area contributed by atoms with Crippen LogP contribution in [0.25, 0.3) is 22.0 Å². The lowest BCUT2D eigenvalue weighted by Crippen LogP contribution is -2.48. The molecule has 0 unspecified atom stereocenters. The molecule has 1 aliphatic rings. The summed E-state index contributed by atoms with van der Waals surface area (Å²) in [7, 11) is -3.94. The molecule has 278 valence electrons. The molecule has 53 heavy (non-hydrogen) atoms. The Bertz CT molecular complexity index is 3200. The number of ether oxygens (including phenoxy) is 1. The molecule has 12 heteroatoms. The van der Waals surface area contributed by atoms with E-state index in [1.807, 2.05) is 0 Å². The summed E-state index contributed by atoms with van der Waals surface area (Å²) in [6, 6.07) is -0.329. The molecule has 6 rings (SSSR count). The molecule has 1 saturated heterocycles. The summed E-state index contributed by atoms with van der Waals surface area (Å²) < 4.78 is 286. The van der Waals surface area contributed by atoms with E-state index >= 15 is 9.18 Å². The first-order valence-electron chi connectivity index (χ1n) is 27.0. The lowest BCUT2D eigenvalue weighted by molar-refractivity contribution is -0.137. The molecule has 0 saturated carbocycles. The molecule has 1 amide bonds. The van der Waals surface area contributed by atoms with E-state index in [1.54, 1.807) is 0 Å². The second-order valence-electron chi connectivity index (χ2n) is 10.8. The van der Waals surface area contributed by atoms with Crippen LogP contribution in [0.4, 0.5) is 22.0 Å². The minimum Gasteiger partial charge on any atom is -0.383 e. The third-order valence-corrected chi connectivity index (χ3v) is 8.29. The number of fused-ring (bicyclic) bond motifs is 1. The number of carbonyl (C=O) groups excluding carboxylic acids is 1. The molecule has 0 atom stereocenters. The van der Waals surface area contributed by atoms with Gasteiger partial charge in [-0.1, -0.05) is 54.6 Å². The molecule has 0 radical (unpaired) electrons. The molecule has 0 N–H and O–H groups in total. The van der Waals surface area contributed by atoms with E-state index in [-0.39, 0.29) is 27.5 Å². The van der Waals surface area contributed by atoms with Gasteiger partial charge in [-0.2, -0.15) is 13.2 Å². The van der Waals surface area contributed by atoms with Crippen LogP contribution in [0, 0.1) is 18.6 Å². The molecule has 6 nitrogen and oxygen atoms in total. The minimum atomic E-state index is -5.08. The van der Waals surface area contributed by atoms with Crippen molar-refractivity contribution in [2.24, 2.45) is 0 Å². The molecular formula is C41H40F5N3O3S. The van der Waals surface area contributed by atoms with E-state index in [0.29, 0.717) is 30.3 Å². The van der Waals surface area contributed by atoms with Gasteiger partial charge in [0.1, 0.15) is 6.50 Å². The van der Waals surface area contributed by atoms with Crippen LogP contribution < -0.4 is 5.43 Å². The predicted molar refractivity (Wildman–Crippen MR) is 198 cm³/mol. The van der Waals surface area contributed by atoms with Gasteiger partial charge in [-0.05, 0) is 72.2 Å². The van der Waals surface area contributed by atoms with Crippen LogP contribution in [0.5, 0.6) is 0 Å². The zero-order valence-electron chi connectivity index (χ0n) is 50.9. The molecule has 2 heterocycles. The van der Waals surface area contributed by atoms with Gasteiger partial charge in [0.05, 0.1) is 41.9 Å². The van der Waals surface area contributed by atoms with Gasteiger partial charge < -0.3 is 19.1 Å². The summed E-state index contributed by atoms with van der Waals surface area (Å²) in [5.41, 5.74) is -6.03. The van der Waals surface area contributed by atoms with Crippen molar-refractivity contribution in [3.8, 4) is 11.1 Å². The largest absolute Gasteiger partial charge is 0.416 e. The first kappa shape index (κ1) is 18.2. The molecule has 1 fully saturated rings. The summed E-state index contributed by atoms with van der Waals surface area (Å²) in [4.78, 5) is 27.7. The van der Waals surface area contributed by atoms with Gasteiger partial charge in [0.2, 0.25) is 5.91 Å². The number of aromatic nitrogens is 1. The number of likely N-dealkylation sites (tertiary alicyclic amines) is 1. The standard InChI is InChI=1S/C41H40F5N3O3S/c1-27-6-15-34-36(22-27)49(39(23-37(34)50)53-26-31-4-3-5-35(42)40(31)43)25-38(51)48(33-16-18-47(19-17-33)20-21-52-2)24-28-7-9-29(10-8-28)30-11-13-32(14-12-30)41(44,45)46/h3-15,22-23,33H,16-21,24-26H2,1-2H3/i2D3,6D,15D,16D2,17D2,18D2,19D2,20D2,21D2,22D,23D,24D2,25D2,33D. The van der Waals surface area contributed by atoms with Crippen molar-refractivity contribution < 1.29 is 64.4 Å². The Kier molecular flexibility index (Phi) is 5.72. The van der Waals surface area contributed by atoms with Crippen molar-refractivity contribution in [3.63, 3.8) is 0 Å². The number of hydrogen-bond acceptors (Lipinski definition) is 5. The lowest BCUT2D eigenvalue weighted by atomic mass is 10.00. The van der Waals surface area contributed by atoms with Crippen LogP contribution in [-0.2, 0) is 34.5 Å². The Hall–Kier alpha value is -4.52. The quantitative estimate of drug-likeness (QED) is 0.0939. The number of nitrogens with zero attached hydrogens (tertiary/aromatic N) is 3. The van der Waals surface area contributed by atoms with Crippen molar-refractivity contribution in [1.82, 2.24) is 14.4 Å². The van der Waals surface area contributed by atoms with Gasteiger partial charge in [0.25, 0.3) is 0 Å². The summed E-state index contributed by atoms with van der Waals surface area (Å²) in [5, 5.41) is -2.32. The number of halogens is 5. The Labute approximate surface area is 342 Å². The maximum absolute atomic E-state index is 15.9. The number of pyridine rings is 1. The average molecular weight is 774 g/mol. The van der Waals surface area contributed by atoms with Gasteiger partial charge in [-0.3, -0.25) is 9.59 Å². The molecule has 0 spiro atoms. The number of alkyl halides is 3. The Morgan fingerprint density at radius 2 is 1.75 bits per heavy atom. The van der Waals surface area contributed by atoms with Crippen LogP contribution in [0.1, 0.15) is 67.9 Å². The molecule has 0 aliphatic carbocycles. The first-order valence-corrected chi connectivity index (χ1v) is 16.0. The highest BCUT2D eigenvalue weighted by Gasteiger charge is 2.31. The third kappa shape index (κ3) is 9.17. The molecule has 4 aromatic carbocycles. The fourth-order valence-corrected chi connectivity index (χ4v) is 5.68. The number of carbonyl (C=O) groups is 1. The van der Waals surface area contributed by atoms with Gasteiger partial charge in [-0.15, -0.1) is 11.8 Å². The zero-order chi connectivity index (χ0) is 58.9. The SMILES string of the molecule is [2H]c1c(C)c([2H])c2c(c1[2H])c(=O)c([2H])c(SCc1cccc(F)c1F)n2C([2H])([2H])C(=O)N(C([2H])([2H])c1ccc(-c2ccc(C(F)(F)F)cc2)cc1)C1([2H])C([2H])([2H])C([2H])([2H])N(C([2H])([2H])C([2H])([2H])OC([2H])([2H])[2H])C([2H])([2H])C1([2H])[2H].